The van der Waals surface area contributed by atoms with Crippen LogP contribution < -0.4 is 0 Å². The van der Waals surface area contributed by atoms with Crippen molar-refractivity contribution in [1.82, 2.24) is 0 Å². The zero-order valence-electron chi connectivity index (χ0n) is 6.96. The lowest BCUT2D eigenvalue weighted by molar-refractivity contribution is 0.233. The summed E-state index contributed by atoms with van der Waals surface area (Å²) in [5.41, 5.74) is 0.815. The van der Waals surface area contributed by atoms with Crippen LogP contribution in [0.4, 0.5) is 0 Å². The highest BCUT2D eigenvalue weighted by Gasteiger charge is 2.09. The molecule has 3 nitrogen and oxygen atoms in total. The van der Waals surface area contributed by atoms with Crippen molar-refractivity contribution in [3.63, 3.8) is 0 Å². The van der Waals surface area contributed by atoms with Crippen LogP contribution in [-0.2, 0) is 9.09 Å². The summed E-state index contributed by atoms with van der Waals surface area (Å²) >= 11 is 0. The van der Waals surface area contributed by atoms with Gasteiger partial charge in [-0.3, -0.25) is 9.42 Å². The van der Waals surface area contributed by atoms with Gasteiger partial charge in [-0.2, -0.15) is 0 Å². The highest BCUT2D eigenvalue weighted by molar-refractivity contribution is 7.32. The van der Waals surface area contributed by atoms with Gasteiger partial charge in [0.15, 0.2) is 0 Å². The summed E-state index contributed by atoms with van der Waals surface area (Å²) in [5.74, 6) is 0. The Hall–Kier alpha value is -1.02. The molecule has 0 fully saturated rings. The Morgan fingerprint density at radius 1 is 1.46 bits per heavy atom. The Labute approximate surface area is 77.6 Å². The molecule has 0 amide bonds. The highest BCUT2D eigenvalue weighted by atomic mass is 31.1. The van der Waals surface area contributed by atoms with Gasteiger partial charge in [-0.15, -0.1) is 6.58 Å². The summed E-state index contributed by atoms with van der Waals surface area (Å²) in [6.45, 7) is 3.53. The van der Waals surface area contributed by atoms with Crippen molar-refractivity contribution >= 4 is 8.25 Å². The molecule has 2 unspecified atom stereocenters. The lowest BCUT2D eigenvalue weighted by Crippen LogP contribution is -1.94. The van der Waals surface area contributed by atoms with Crippen LogP contribution >= 0.6 is 8.25 Å². The van der Waals surface area contributed by atoms with Crippen LogP contribution in [-0.4, -0.2) is 4.89 Å². The van der Waals surface area contributed by atoms with Crippen LogP contribution in [0.5, 0.6) is 0 Å². The number of hydrogen-bond donors (Lipinski definition) is 1. The van der Waals surface area contributed by atoms with Gasteiger partial charge < -0.3 is 0 Å². The second-order valence-corrected chi connectivity index (χ2v) is 3.10. The van der Waals surface area contributed by atoms with E-state index in [-0.39, 0.29) is 0 Å². The van der Waals surface area contributed by atoms with Gasteiger partial charge in [-0.25, -0.2) is 4.57 Å². The zero-order valence-corrected chi connectivity index (χ0v) is 7.85. The summed E-state index contributed by atoms with van der Waals surface area (Å²) < 4.78 is 15.2. The van der Waals surface area contributed by atoms with E-state index in [9.17, 15) is 4.57 Å². The first kappa shape index (κ1) is 10.1. The van der Waals surface area contributed by atoms with E-state index in [0.717, 1.165) is 5.56 Å². The number of rotatable bonds is 4. The molecule has 0 saturated carbocycles. The molecule has 0 spiro atoms. The molecule has 0 saturated heterocycles. The van der Waals surface area contributed by atoms with Crippen LogP contribution in [0.25, 0.3) is 0 Å². The van der Waals surface area contributed by atoms with Crippen LogP contribution in [0, 0.1) is 0 Å². The Kier molecular flexibility index (Phi) is 3.77. The highest BCUT2D eigenvalue weighted by Crippen LogP contribution is 2.28. The fourth-order valence-electron chi connectivity index (χ4n) is 0.980. The van der Waals surface area contributed by atoms with Gasteiger partial charge in [0.2, 0.25) is 0 Å². The molecule has 0 aliphatic carbocycles. The molecule has 1 rings (SSSR count). The molecule has 1 aromatic rings. The maximum absolute atomic E-state index is 10.4. The van der Waals surface area contributed by atoms with Gasteiger partial charge in [-0.05, 0) is 5.56 Å². The van der Waals surface area contributed by atoms with Crippen molar-refractivity contribution in [3.8, 4) is 0 Å². The van der Waals surface area contributed by atoms with Crippen molar-refractivity contribution in [2.45, 2.75) is 6.10 Å². The summed E-state index contributed by atoms with van der Waals surface area (Å²) in [7, 11) is -2.59. The largest absolute Gasteiger partial charge is 0.367 e. The summed E-state index contributed by atoms with van der Waals surface area (Å²) in [6, 6.07) is 9.15. The monoisotopic (exact) mass is 199 g/mol. The molecule has 1 radical (unpaired) electrons. The topological polar surface area (TPSA) is 46.5 Å². The number of benzene rings is 1. The third-order valence-electron chi connectivity index (χ3n) is 1.55. The SMILES string of the molecule is C=CC(O[P](=O)O)[14c]1ccccc1. The Morgan fingerprint density at radius 2 is 2.08 bits per heavy atom. The van der Waals surface area contributed by atoms with E-state index in [1.807, 2.05) is 30.3 Å². The van der Waals surface area contributed by atoms with Gasteiger partial charge in [0.05, 0.1) is 0 Å². The Balaban J connectivity index is 2.78. The zero-order chi connectivity index (χ0) is 9.68. The molecular formula is C9H10O3P. The fourth-order valence-corrected chi connectivity index (χ4v) is 1.38. The summed E-state index contributed by atoms with van der Waals surface area (Å²) in [5, 5.41) is 0. The molecule has 69 valence electrons. The van der Waals surface area contributed by atoms with Crippen molar-refractivity contribution in [1.29, 1.82) is 0 Å². The minimum Gasteiger partial charge on any atom is -0.298 e. The molecule has 0 aliphatic rings. The molecule has 2 atom stereocenters. The Morgan fingerprint density at radius 3 is 2.54 bits per heavy atom. The van der Waals surface area contributed by atoms with E-state index in [0.29, 0.717) is 0 Å². The fraction of sp³-hybridized carbons (Fsp3) is 0.111. The van der Waals surface area contributed by atoms with Crippen molar-refractivity contribution < 1.29 is 14.0 Å². The average Bonchev–Trinajstić information content (AvgIpc) is 2.15. The van der Waals surface area contributed by atoms with E-state index in [1.165, 1.54) is 6.08 Å². The first-order valence-corrected chi connectivity index (χ1v) is 4.87. The molecule has 0 aromatic heterocycles. The van der Waals surface area contributed by atoms with E-state index < -0.39 is 14.4 Å². The normalized spacial score (nSPS) is 13.5. The Bertz CT molecular complexity index is 297. The first-order valence-electron chi connectivity index (χ1n) is 3.74. The maximum Gasteiger partial charge on any atom is 0.367 e. The molecule has 4 heteroatoms. The lowest BCUT2D eigenvalue weighted by atomic mass is 10.4. The van der Waals surface area contributed by atoms with E-state index in [1.54, 1.807) is 0 Å². The average molecular weight is 199 g/mol. The van der Waals surface area contributed by atoms with Gasteiger partial charge in [-0.1, -0.05) is 36.4 Å². The van der Waals surface area contributed by atoms with Crippen LogP contribution in [0.1, 0.15) is 11.7 Å². The van der Waals surface area contributed by atoms with Crippen molar-refractivity contribution in [2.24, 2.45) is 0 Å². The van der Waals surface area contributed by atoms with Gasteiger partial charge in [0, 0.05) is 0 Å². The van der Waals surface area contributed by atoms with E-state index in [4.69, 9.17) is 9.42 Å². The van der Waals surface area contributed by atoms with E-state index >= 15 is 0 Å². The van der Waals surface area contributed by atoms with Crippen LogP contribution in [0.15, 0.2) is 43.0 Å². The molecule has 0 bridgehead atoms. The van der Waals surface area contributed by atoms with Gasteiger partial charge >= 0.3 is 8.25 Å². The van der Waals surface area contributed by atoms with Gasteiger partial charge in [0.25, 0.3) is 0 Å². The second-order valence-electron chi connectivity index (χ2n) is 2.41. The first-order chi connectivity index (χ1) is 6.24. The predicted molar refractivity (Wildman–Crippen MR) is 50.3 cm³/mol. The molecular weight excluding hydrogens is 189 g/mol. The molecule has 1 aromatic carbocycles. The minimum absolute atomic E-state index is 0.519. The molecule has 13 heavy (non-hydrogen) atoms. The third-order valence-corrected chi connectivity index (χ3v) is 1.95. The summed E-state index contributed by atoms with van der Waals surface area (Å²) in [6.07, 6.45) is 0.966. The van der Waals surface area contributed by atoms with Crippen molar-refractivity contribution in [2.75, 3.05) is 0 Å². The molecule has 1 N–H and O–H groups in total. The van der Waals surface area contributed by atoms with Crippen LogP contribution in [0.3, 0.4) is 0 Å². The van der Waals surface area contributed by atoms with Crippen LogP contribution in [0.2, 0.25) is 0 Å². The third kappa shape index (κ3) is 3.07. The van der Waals surface area contributed by atoms with Crippen molar-refractivity contribution in [3.05, 3.63) is 48.6 Å². The summed E-state index contributed by atoms with van der Waals surface area (Å²) in [4.78, 5) is 8.55. The number of hydrogen-bond acceptors (Lipinski definition) is 2. The smallest absolute Gasteiger partial charge is 0.298 e. The van der Waals surface area contributed by atoms with Gasteiger partial charge in [0.1, 0.15) is 6.10 Å². The lowest BCUT2D eigenvalue weighted by Gasteiger charge is -2.09. The second kappa shape index (κ2) is 4.87. The molecule has 0 heterocycles. The quantitative estimate of drug-likeness (QED) is 0.598. The van der Waals surface area contributed by atoms with E-state index in [2.05, 4.69) is 6.58 Å². The maximum atomic E-state index is 10.4. The minimum atomic E-state index is -2.59. The molecule has 0 aliphatic heterocycles. The predicted octanol–water partition coefficient (Wildman–Crippen LogP) is 2.58. The standard InChI is InChI=1S/C9H10O3P/c1-2-9(12-13(10)11)8-6-4-3-5-7-8/h2-7,9H,1H2,(H,10,11)/i8+2.